The Labute approximate surface area is 123 Å². The molecule has 1 aliphatic rings. The van der Waals surface area contributed by atoms with Gasteiger partial charge in [0.15, 0.2) is 0 Å². The van der Waals surface area contributed by atoms with Crippen molar-refractivity contribution >= 4 is 11.9 Å². The Hall–Kier alpha value is -1.91. The maximum absolute atomic E-state index is 14.1. The molecule has 5 heteroatoms. The van der Waals surface area contributed by atoms with Crippen molar-refractivity contribution in [2.45, 2.75) is 44.8 Å². The van der Waals surface area contributed by atoms with Gasteiger partial charge in [-0.25, -0.2) is 9.18 Å². The van der Waals surface area contributed by atoms with Crippen LogP contribution in [0.4, 0.5) is 9.18 Å². The van der Waals surface area contributed by atoms with Gasteiger partial charge >= 0.3 is 6.09 Å². The highest BCUT2D eigenvalue weighted by atomic mass is 19.1. The van der Waals surface area contributed by atoms with Crippen LogP contribution in [0.2, 0.25) is 0 Å². The van der Waals surface area contributed by atoms with Crippen molar-refractivity contribution in [1.29, 1.82) is 0 Å². The fraction of sp³-hybridized carbons (Fsp3) is 0.500. The van der Waals surface area contributed by atoms with Gasteiger partial charge in [0.2, 0.25) is 0 Å². The van der Waals surface area contributed by atoms with E-state index in [-0.39, 0.29) is 18.6 Å². The molecule has 0 aromatic heterocycles. The van der Waals surface area contributed by atoms with Crippen molar-refractivity contribution in [2.24, 2.45) is 0 Å². The van der Waals surface area contributed by atoms with E-state index in [2.05, 4.69) is 0 Å². The first kappa shape index (κ1) is 15.5. The highest BCUT2D eigenvalue weighted by Gasteiger charge is 2.52. The second-order valence-corrected chi connectivity index (χ2v) is 6.44. The Bertz CT molecular complexity index is 569. The number of amides is 1. The molecule has 2 rings (SSSR count). The predicted octanol–water partition coefficient (Wildman–Crippen LogP) is 3.25. The SMILES string of the molecule is CN(C(=O)OC(C)(C)C)C1(c2ccccc2F)CC(=O)C1. The molecule has 1 saturated carbocycles. The molecule has 0 radical (unpaired) electrons. The Morgan fingerprint density at radius 3 is 2.33 bits per heavy atom. The zero-order chi connectivity index (χ0) is 15.8. The quantitative estimate of drug-likeness (QED) is 0.841. The van der Waals surface area contributed by atoms with Gasteiger partial charge < -0.3 is 9.64 Å². The second kappa shape index (κ2) is 5.13. The topological polar surface area (TPSA) is 46.6 Å². The van der Waals surface area contributed by atoms with Crippen molar-refractivity contribution in [3.05, 3.63) is 35.6 Å². The van der Waals surface area contributed by atoms with Gasteiger partial charge in [0.05, 0.1) is 5.54 Å². The lowest BCUT2D eigenvalue weighted by atomic mass is 9.69. The lowest BCUT2D eigenvalue weighted by Gasteiger charge is -2.47. The number of hydrogen-bond acceptors (Lipinski definition) is 3. The molecule has 0 spiro atoms. The standard InChI is InChI=1S/C16H20FNO3/c1-15(2,3)21-14(20)18(4)16(9-11(19)10-16)12-7-5-6-8-13(12)17/h5-8H,9-10H2,1-4H3. The van der Waals surface area contributed by atoms with Crippen LogP contribution in [0.1, 0.15) is 39.2 Å². The molecule has 0 atom stereocenters. The van der Waals surface area contributed by atoms with Crippen LogP contribution in [0.15, 0.2) is 24.3 Å². The number of benzene rings is 1. The van der Waals surface area contributed by atoms with Crippen LogP contribution in [0.3, 0.4) is 0 Å². The molecular formula is C16H20FNO3. The zero-order valence-corrected chi connectivity index (χ0v) is 12.8. The minimum atomic E-state index is -0.940. The van der Waals surface area contributed by atoms with Crippen molar-refractivity contribution < 1.29 is 18.7 Å². The summed E-state index contributed by atoms with van der Waals surface area (Å²) in [6, 6.07) is 6.23. The van der Waals surface area contributed by atoms with Crippen molar-refractivity contribution in [3.63, 3.8) is 0 Å². The van der Waals surface area contributed by atoms with Crippen LogP contribution in [-0.4, -0.2) is 29.4 Å². The molecule has 114 valence electrons. The van der Waals surface area contributed by atoms with Crippen LogP contribution in [0.25, 0.3) is 0 Å². The molecular weight excluding hydrogens is 273 g/mol. The second-order valence-electron chi connectivity index (χ2n) is 6.44. The third-order valence-electron chi connectivity index (χ3n) is 3.66. The molecule has 1 aromatic carbocycles. The number of ketones is 1. The van der Waals surface area contributed by atoms with Crippen LogP contribution < -0.4 is 0 Å². The Morgan fingerprint density at radius 1 is 1.29 bits per heavy atom. The molecule has 0 saturated heterocycles. The van der Waals surface area contributed by atoms with Crippen LogP contribution in [-0.2, 0) is 15.1 Å². The molecule has 0 bridgehead atoms. The van der Waals surface area contributed by atoms with Crippen LogP contribution in [0, 0.1) is 5.82 Å². The van der Waals surface area contributed by atoms with Crippen molar-refractivity contribution in [1.82, 2.24) is 4.90 Å². The van der Waals surface area contributed by atoms with Gasteiger partial charge in [-0.05, 0) is 26.8 Å². The largest absolute Gasteiger partial charge is 0.444 e. The smallest absolute Gasteiger partial charge is 0.410 e. The number of carbonyl (C=O) groups excluding carboxylic acids is 2. The van der Waals surface area contributed by atoms with Gasteiger partial charge in [-0.3, -0.25) is 4.79 Å². The summed E-state index contributed by atoms with van der Waals surface area (Å²) < 4.78 is 19.4. The number of halogens is 1. The highest BCUT2D eigenvalue weighted by Crippen LogP contribution is 2.45. The molecule has 4 nitrogen and oxygen atoms in total. The minimum Gasteiger partial charge on any atom is -0.444 e. The third kappa shape index (κ3) is 2.91. The van der Waals surface area contributed by atoms with Gasteiger partial charge in [0, 0.05) is 25.5 Å². The monoisotopic (exact) mass is 293 g/mol. The van der Waals surface area contributed by atoms with E-state index >= 15 is 0 Å². The van der Waals surface area contributed by atoms with Crippen LogP contribution >= 0.6 is 0 Å². The van der Waals surface area contributed by atoms with E-state index in [4.69, 9.17) is 4.74 Å². The van der Waals surface area contributed by atoms with Gasteiger partial charge in [-0.2, -0.15) is 0 Å². The lowest BCUT2D eigenvalue weighted by Crippen LogP contribution is -2.57. The fourth-order valence-corrected chi connectivity index (χ4v) is 2.55. The molecule has 0 unspecified atom stereocenters. The minimum absolute atomic E-state index is 0.00802. The number of hydrogen-bond donors (Lipinski definition) is 0. The summed E-state index contributed by atoms with van der Waals surface area (Å²) in [6.07, 6.45) is -0.328. The average molecular weight is 293 g/mol. The van der Waals surface area contributed by atoms with E-state index in [1.807, 2.05) is 0 Å². The Morgan fingerprint density at radius 2 is 1.86 bits per heavy atom. The van der Waals surface area contributed by atoms with E-state index < -0.39 is 23.1 Å². The predicted molar refractivity (Wildman–Crippen MR) is 76.3 cm³/mol. The first-order chi connectivity index (χ1) is 9.66. The van der Waals surface area contributed by atoms with E-state index in [1.54, 1.807) is 46.0 Å². The van der Waals surface area contributed by atoms with Gasteiger partial charge in [-0.1, -0.05) is 18.2 Å². The van der Waals surface area contributed by atoms with Gasteiger partial charge in [-0.15, -0.1) is 0 Å². The first-order valence-corrected chi connectivity index (χ1v) is 6.89. The van der Waals surface area contributed by atoms with E-state index in [9.17, 15) is 14.0 Å². The summed E-state index contributed by atoms with van der Waals surface area (Å²) in [5, 5.41) is 0. The third-order valence-corrected chi connectivity index (χ3v) is 3.66. The van der Waals surface area contributed by atoms with E-state index in [1.165, 1.54) is 11.0 Å². The molecule has 0 aliphatic heterocycles. The molecule has 1 amide bonds. The normalized spacial score (nSPS) is 17.1. The molecule has 1 fully saturated rings. The zero-order valence-electron chi connectivity index (χ0n) is 12.8. The number of rotatable bonds is 2. The average Bonchev–Trinajstić information content (AvgIpc) is 2.32. The van der Waals surface area contributed by atoms with E-state index in [0.29, 0.717) is 5.56 Å². The summed E-state index contributed by atoms with van der Waals surface area (Å²) in [4.78, 5) is 25.1. The van der Waals surface area contributed by atoms with Crippen molar-refractivity contribution in [2.75, 3.05) is 7.05 Å². The molecule has 1 aliphatic carbocycles. The number of carbonyl (C=O) groups is 2. The highest BCUT2D eigenvalue weighted by molar-refractivity contribution is 5.90. The molecule has 1 aromatic rings. The number of ether oxygens (including phenoxy) is 1. The number of Topliss-reactive ketones (excluding diaryl/α,β-unsaturated/α-hetero) is 1. The maximum Gasteiger partial charge on any atom is 0.410 e. The van der Waals surface area contributed by atoms with Crippen LogP contribution in [0.5, 0.6) is 0 Å². The Kier molecular flexibility index (Phi) is 3.78. The summed E-state index contributed by atoms with van der Waals surface area (Å²) in [6.45, 7) is 5.29. The summed E-state index contributed by atoms with van der Waals surface area (Å²) in [5.74, 6) is -0.408. The molecule has 21 heavy (non-hydrogen) atoms. The van der Waals surface area contributed by atoms with E-state index in [0.717, 1.165) is 0 Å². The summed E-state index contributed by atoms with van der Waals surface area (Å²) in [5.41, 5.74) is -1.22. The Balaban J connectivity index is 2.33. The number of nitrogens with zero attached hydrogens (tertiary/aromatic N) is 1. The van der Waals surface area contributed by atoms with Gasteiger partial charge in [0.25, 0.3) is 0 Å². The first-order valence-electron chi connectivity index (χ1n) is 6.89. The lowest BCUT2D eigenvalue weighted by molar-refractivity contribution is -0.135. The molecule has 0 N–H and O–H groups in total. The maximum atomic E-state index is 14.1. The fourth-order valence-electron chi connectivity index (χ4n) is 2.55. The molecule has 0 heterocycles. The van der Waals surface area contributed by atoms with Gasteiger partial charge in [0.1, 0.15) is 17.2 Å². The summed E-state index contributed by atoms with van der Waals surface area (Å²) in [7, 11) is 1.55. The van der Waals surface area contributed by atoms with Crippen molar-refractivity contribution in [3.8, 4) is 0 Å². The summed E-state index contributed by atoms with van der Waals surface area (Å²) >= 11 is 0.